The van der Waals surface area contributed by atoms with Crippen LogP contribution in [0.25, 0.3) is 11.4 Å². The first kappa shape index (κ1) is 23.3. The first-order chi connectivity index (χ1) is 16.8. The Morgan fingerprint density at radius 3 is 2.06 bits per heavy atom. The lowest BCUT2D eigenvalue weighted by Crippen LogP contribution is -2.48. The Kier molecular flexibility index (Phi) is 6.16. The summed E-state index contributed by atoms with van der Waals surface area (Å²) in [4.78, 5) is 23.6. The average molecular weight is 488 g/mol. The lowest BCUT2D eigenvalue weighted by Gasteiger charge is -2.36. The second-order valence-electron chi connectivity index (χ2n) is 8.76. The largest absolute Gasteiger partial charge is 0.419 e. The number of nitrogens with zero attached hydrogens (tertiary/aromatic N) is 7. The van der Waals surface area contributed by atoms with Crippen molar-refractivity contribution in [1.29, 1.82) is 0 Å². The van der Waals surface area contributed by atoms with Gasteiger partial charge in [0.2, 0.25) is 11.9 Å². The third-order valence-corrected chi connectivity index (χ3v) is 6.38. The van der Waals surface area contributed by atoms with Gasteiger partial charge in [0.15, 0.2) is 5.82 Å². The quantitative estimate of drug-likeness (QED) is 0.508. The summed E-state index contributed by atoms with van der Waals surface area (Å²) in [6, 6.07) is 7.23. The van der Waals surface area contributed by atoms with Gasteiger partial charge in [-0.15, -0.1) is 0 Å². The topological polar surface area (TPSA) is 61.3 Å². The van der Waals surface area contributed by atoms with Gasteiger partial charge in [-0.05, 0) is 43.5 Å². The third kappa shape index (κ3) is 4.85. The Morgan fingerprint density at radius 1 is 0.800 bits per heavy atom. The predicted octanol–water partition coefficient (Wildman–Crippen LogP) is 4.33. The zero-order valence-electron chi connectivity index (χ0n) is 19.3. The Bertz CT molecular complexity index is 1200. The van der Waals surface area contributed by atoms with Gasteiger partial charge in [-0.2, -0.15) is 28.1 Å². The van der Waals surface area contributed by atoms with Crippen LogP contribution in [0.4, 0.5) is 35.3 Å². The number of hydrogen-bond acceptors (Lipinski definition) is 7. The molecule has 0 N–H and O–H groups in total. The summed E-state index contributed by atoms with van der Waals surface area (Å²) in [5.74, 6) is 0.951. The number of alkyl halides is 3. The normalized spacial score (nSPS) is 16.8. The van der Waals surface area contributed by atoms with Crippen molar-refractivity contribution in [3.05, 3.63) is 53.5 Å². The molecule has 2 aliphatic rings. The molecule has 0 spiro atoms. The van der Waals surface area contributed by atoms with E-state index in [1.165, 1.54) is 18.3 Å². The molecule has 1 aromatic carbocycles. The molecule has 11 heteroatoms. The molecule has 4 heterocycles. The molecule has 0 atom stereocenters. The molecule has 2 saturated heterocycles. The smallest absolute Gasteiger partial charge is 0.353 e. The van der Waals surface area contributed by atoms with Crippen LogP contribution in [0.5, 0.6) is 0 Å². The van der Waals surface area contributed by atoms with Crippen LogP contribution in [0.1, 0.15) is 24.0 Å². The standard InChI is InChI=1S/C24H25F4N7/c1-16-6-7-17(15-19(16)25)20-30-22(34-9-2-3-10-34)32-23(31-20)35-13-11-33(12-14-35)21-18(24(26,27)28)5-4-8-29-21/h4-8,15H,2-3,9-14H2,1H3. The van der Waals surface area contributed by atoms with E-state index in [2.05, 4.69) is 24.8 Å². The maximum absolute atomic E-state index is 14.3. The molecule has 2 aromatic heterocycles. The highest BCUT2D eigenvalue weighted by molar-refractivity contribution is 5.60. The average Bonchev–Trinajstić information content (AvgIpc) is 3.40. The van der Waals surface area contributed by atoms with Crippen molar-refractivity contribution in [3.8, 4) is 11.4 Å². The van der Waals surface area contributed by atoms with Crippen LogP contribution in [0.2, 0.25) is 0 Å². The van der Waals surface area contributed by atoms with Gasteiger partial charge >= 0.3 is 6.18 Å². The highest BCUT2D eigenvalue weighted by Crippen LogP contribution is 2.35. The van der Waals surface area contributed by atoms with Crippen molar-refractivity contribution in [2.75, 3.05) is 54.0 Å². The number of halogens is 4. The number of pyridine rings is 1. The summed E-state index contributed by atoms with van der Waals surface area (Å²) in [6.07, 6.45) is -1.02. The van der Waals surface area contributed by atoms with E-state index in [1.54, 1.807) is 24.0 Å². The molecule has 3 aromatic rings. The van der Waals surface area contributed by atoms with E-state index >= 15 is 0 Å². The molecule has 0 radical (unpaired) electrons. The van der Waals surface area contributed by atoms with Crippen LogP contribution in [0, 0.1) is 12.7 Å². The Morgan fingerprint density at radius 2 is 1.43 bits per heavy atom. The van der Waals surface area contributed by atoms with Crippen LogP contribution in [-0.4, -0.2) is 59.2 Å². The first-order valence-electron chi connectivity index (χ1n) is 11.6. The lowest BCUT2D eigenvalue weighted by molar-refractivity contribution is -0.137. The number of benzene rings is 1. The Balaban J connectivity index is 1.42. The summed E-state index contributed by atoms with van der Waals surface area (Å²) in [7, 11) is 0. The molecule has 35 heavy (non-hydrogen) atoms. The maximum Gasteiger partial charge on any atom is 0.419 e. The number of hydrogen-bond donors (Lipinski definition) is 0. The highest BCUT2D eigenvalue weighted by atomic mass is 19.4. The van der Waals surface area contributed by atoms with E-state index in [9.17, 15) is 17.6 Å². The zero-order valence-corrected chi connectivity index (χ0v) is 19.3. The summed E-state index contributed by atoms with van der Waals surface area (Å²) in [6.45, 7) is 4.85. The number of aromatic nitrogens is 4. The third-order valence-electron chi connectivity index (χ3n) is 6.38. The highest BCUT2D eigenvalue weighted by Gasteiger charge is 2.36. The minimum absolute atomic E-state index is 0.0659. The van der Waals surface area contributed by atoms with Crippen LogP contribution in [-0.2, 0) is 6.18 Å². The molecule has 0 amide bonds. The number of rotatable bonds is 4. The fraction of sp³-hybridized carbons (Fsp3) is 0.417. The fourth-order valence-corrected chi connectivity index (χ4v) is 4.40. The fourth-order valence-electron chi connectivity index (χ4n) is 4.40. The molecule has 0 saturated carbocycles. The van der Waals surface area contributed by atoms with E-state index in [4.69, 9.17) is 0 Å². The van der Waals surface area contributed by atoms with E-state index in [-0.39, 0.29) is 11.6 Å². The van der Waals surface area contributed by atoms with Crippen LogP contribution >= 0.6 is 0 Å². The lowest BCUT2D eigenvalue weighted by atomic mass is 10.1. The molecular formula is C24H25F4N7. The molecule has 0 aliphatic carbocycles. The van der Waals surface area contributed by atoms with Gasteiger partial charge in [0.1, 0.15) is 11.6 Å². The number of anilines is 3. The van der Waals surface area contributed by atoms with Crippen molar-refractivity contribution in [3.63, 3.8) is 0 Å². The maximum atomic E-state index is 14.3. The van der Waals surface area contributed by atoms with E-state index < -0.39 is 11.7 Å². The first-order valence-corrected chi connectivity index (χ1v) is 11.6. The summed E-state index contributed by atoms with van der Waals surface area (Å²) in [5, 5.41) is 0. The van der Waals surface area contributed by atoms with Gasteiger partial charge < -0.3 is 14.7 Å². The molecule has 2 aliphatic heterocycles. The van der Waals surface area contributed by atoms with Crippen molar-refractivity contribution in [2.24, 2.45) is 0 Å². The van der Waals surface area contributed by atoms with Gasteiger partial charge in [-0.3, -0.25) is 0 Å². The van der Waals surface area contributed by atoms with Gasteiger partial charge in [0.05, 0.1) is 5.56 Å². The van der Waals surface area contributed by atoms with Crippen LogP contribution in [0.3, 0.4) is 0 Å². The Labute approximate surface area is 200 Å². The SMILES string of the molecule is Cc1ccc(-c2nc(N3CCCC3)nc(N3CCN(c4ncccc4C(F)(F)F)CC3)n2)cc1F. The van der Waals surface area contributed by atoms with Gasteiger partial charge in [-0.1, -0.05) is 12.1 Å². The second kappa shape index (κ2) is 9.27. The molecule has 2 fully saturated rings. The predicted molar refractivity (Wildman–Crippen MR) is 125 cm³/mol. The monoisotopic (exact) mass is 487 g/mol. The van der Waals surface area contributed by atoms with Crippen molar-refractivity contribution >= 4 is 17.7 Å². The molecule has 7 nitrogen and oxygen atoms in total. The van der Waals surface area contributed by atoms with Crippen LogP contribution in [0.15, 0.2) is 36.5 Å². The zero-order chi connectivity index (χ0) is 24.6. The number of piperazine rings is 1. The second-order valence-corrected chi connectivity index (χ2v) is 8.76. The number of aryl methyl sites for hydroxylation is 1. The molecule has 0 bridgehead atoms. The van der Waals surface area contributed by atoms with Crippen molar-refractivity contribution < 1.29 is 17.6 Å². The van der Waals surface area contributed by atoms with E-state index in [0.29, 0.717) is 55.0 Å². The van der Waals surface area contributed by atoms with Gasteiger partial charge in [0, 0.05) is 51.0 Å². The summed E-state index contributed by atoms with van der Waals surface area (Å²) >= 11 is 0. The molecule has 0 unspecified atom stereocenters. The molecular weight excluding hydrogens is 462 g/mol. The van der Waals surface area contributed by atoms with E-state index in [1.807, 2.05) is 4.90 Å². The minimum Gasteiger partial charge on any atom is -0.353 e. The minimum atomic E-state index is -4.47. The van der Waals surface area contributed by atoms with E-state index in [0.717, 1.165) is 32.0 Å². The summed E-state index contributed by atoms with van der Waals surface area (Å²) < 4.78 is 54.6. The van der Waals surface area contributed by atoms with Crippen molar-refractivity contribution in [2.45, 2.75) is 25.9 Å². The summed E-state index contributed by atoms with van der Waals surface area (Å²) in [5.41, 5.74) is 0.347. The molecule has 184 valence electrons. The van der Waals surface area contributed by atoms with Gasteiger partial charge in [0.25, 0.3) is 0 Å². The van der Waals surface area contributed by atoms with Crippen molar-refractivity contribution in [1.82, 2.24) is 19.9 Å². The van der Waals surface area contributed by atoms with Gasteiger partial charge in [-0.25, -0.2) is 9.37 Å². The van der Waals surface area contributed by atoms with Crippen LogP contribution < -0.4 is 14.7 Å². The molecule has 5 rings (SSSR count). The Hall–Kier alpha value is -3.50.